The second-order valence-corrected chi connectivity index (χ2v) is 5.46. The smallest absolute Gasteiger partial charge is 0.239 e. The van der Waals surface area contributed by atoms with Gasteiger partial charge in [-0.15, -0.1) is 0 Å². The molecular weight excluding hydrogens is 268 g/mol. The van der Waals surface area contributed by atoms with E-state index in [1.54, 1.807) is 13.3 Å². The van der Waals surface area contributed by atoms with Crippen LogP contribution in [0.3, 0.4) is 0 Å². The molecule has 0 bridgehead atoms. The fourth-order valence-electron chi connectivity index (χ4n) is 3.16. The Hall–Kier alpha value is -1.56. The van der Waals surface area contributed by atoms with Gasteiger partial charge in [0.25, 0.3) is 0 Å². The highest BCUT2D eigenvalue weighted by Gasteiger charge is 2.32. The number of nitrogens with one attached hydrogen (secondary N) is 1. The van der Waals surface area contributed by atoms with E-state index in [1.807, 2.05) is 30.5 Å². The highest BCUT2D eigenvalue weighted by molar-refractivity contribution is 5.82. The van der Waals surface area contributed by atoms with Gasteiger partial charge in [0.1, 0.15) is 0 Å². The van der Waals surface area contributed by atoms with Crippen molar-refractivity contribution in [3.63, 3.8) is 0 Å². The van der Waals surface area contributed by atoms with Gasteiger partial charge in [0.05, 0.1) is 25.0 Å². The number of aryl methyl sites for hydroxylation is 1. The van der Waals surface area contributed by atoms with Gasteiger partial charge >= 0.3 is 0 Å². The number of piperidine rings is 1. The van der Waals surface area contributed by atoms with Crippen LogP contribution < -0.4 is 10.1 Å². The van der Waals surface area contributed by atoms with Crippen molar-refractivity contribution in [2.45, 2.75) is 38.6 Å². The maximum atomic E-state index is 12.5. The molecule has 1 N–H and O–H groups in total. The van der Waals surface area contributed by atoms with Gasteiger partial charge in [0, 0.05) is 26.1 Å². The number of amides is 1. The Morgan fingerprint density at radius 1 is 1.52 bits per heavy atom. The Bertz CT molecular complexity index is 482. The molecule has 2 heterocycles. The number of methoxy groups -OCH3 is 1. The molecule has 1 aromatic heterocycles. The van der Waals surface area contributed by atoms with Crippen LogP contribution in [0.1, 0.15) is 38.3 Å². The van der Waals surface area contributed by atoms with Gasteiger partial charge in [0.2, 0.25) is 5.91 Å². The lowest BCUT2D eigenvalue weighted by Gasteiger charge is -2.33. The number of carbonyl (C=O) groups is 1. The summed E-state index contributed by atoms with van der Waals surface area (Å²) in [4.78, 5) is 14.4. The normalized spacial score (nSPS) is 22.1. The summed E-state index contributed by atoms with van der Waals surface area (Å²) in [5.74, 6) is 1.32. The Morgan fingerprint density at radius 2 is 2.24 bits per heavy atom. The summed E-state index contributed by atoms with van der Waals surface area (Å²) in [5.41, 5.74) is 1.09. The van der Waals surface area contributed by atoms with Crippen LogP contribution in [0.4, 0.5) is 0 Å². The number of hydrogen-bond acceptors (Lipinski definition) is 4. The van der Waals surface area contributed by atoms with Crippen molar-refractivity contribution in [2.24, 2.45) is 7.05 Å². The second kappa shape index (κ2) is 6.93. The zero-order valence-electron chi connectivity index (χ0n) is 13.4. The van der Waals surface area contributed by atoms with Gasteiger partial charge in [0.15, 0.2) is 5.75 Å². The van der Waals surface area contributed by atoms with Crippen molar-refractivity contribution in [1.82, 2.24) is 20.0 Å². The molecule has 0 saturated carbocycles. The molecule has 1 aliphatic rings. The number of ether oxygens (including phenoxy) is 1. The zero-order chi connectivity index (χ0) is 15.4. The summed E-state index contributed by atoms with van der Waals surface area (Å²) in [7, 11) is 3.60. The van der Waals surface area contributed by atoms with Gasteiger partial charge in [-0.2, -0.15) is 5.10 Å². The molecule has 118 valence electrons. The van der Waals surface area contributed by atoms with Crippen LogP contribution in [0, 0.1) is 0 Å². The van der Waals surface area contributed by atoms with Crippen molar-refractivity contribution in [1.29, 1.82) is 0 Å². The fourth-order valence-corrected chi connectivity index (χ4v) is 3.16. The molecule has 0 aromatic carbocycles. The lowest BCUT2D eigenvalue weighted by molar-refractivity contribution is -0.133. The number of hydrogen-bond donors (Lipinski definition) is 1. The van der Waals surface area contributed by atoms with E-state index in [4.69, 9.17) is 4.74 Å². The molecule has 1 aliphatic heterocycles. The minimum absolute atomic E-state index is 0.108. The van der Waals surface area contributed by atoms with E-state index in [1.165, 1.54) is 0 Å². The van der Waals surface area contributed by atoms with Crippen molar-refractivity contribution < 1.29 is 9.53 Å². The SMILES string of the molecule is CCN(CC)C(=O)C1CC(c2c(OC)cnn2C)CCN1. The summed E-state index contributed by atoms with van der Waals surface area (Å²) in [6, 6.07) is -0.108. The largest absolute Gasteiger partial charge is 0.493 e. The predicted molar refractivity (Wildman–Crippen MR) is 81.5 cm³/mol. The number of aromatic nitrogens is 2. The summed E-state index contributed by atoms with van der Waals surface area (Å²) in [6.07, 6.45) is 3.54. The number of rotatable bonds is 5. The first-order chi connectivity index (χ1) is 10.1. The van der Waals surface area contributed by atoms with E-state index in [-0.39, 0.29) is 11.9 Å². The molecule has 6 nitrogen and oxygen atoms in total. The minimum Gasteiger partial charge on any atom is -0.493 e. The highest BCUT2D eigenvalue weighted by atomic mass is 16.5. The van der Waals surface area contributed by atoms with Crippen LogP contribution in [0.5, 0.6) is 5.75 Å². The Kier molecular flexibility index (Phi) is 5.22. The molecule has 1 aromatic rings. The van der Waals surface area contributed by atoms with Gasteiger partial charge in [-0.25, -0.2) is 0 Å². The Labute approximate surface area is 126 Å². The van der Waals surface area contributed by atoms with Crippen molar-refractivity contribution in [2.75, 3.05) is 26.7 Å². The van der Waals surface area contributed by atoms with Crippen LogP contribution in [0.2, 0.25) is 0 Å². The molecule has 2 atom stereocenters. The standard InChI is InChI=1S/C15H26N4O2/c1-5-19(6-2)15(20)12-9-11(7-8-16-12)14-13(21-4)10-17-18(14)3/h10-12,16H,5-9H2,1-4H3. The average molecular weight is 294 g/mol. The molecule has 0 aliphatic carbocycles. The van der Waals surface area contributed by atoms with Crippen LogP contribution >= 0.6 is 0 Å². The third-order valence-electron chi connectivity index (χ3n) is 4.33. The summed E-state index contributed by atoms with van der Waals surface area (Å²) in [5, 5.41) is 7.63. The van der Waals surface area contributed by atoms with Crippen LogP contribution in [-0.2, 0) is 11.8 Å². The van der Waals surface area contributed by atoms with Crippen LogP contribution in [0.15, 0.2) is 6.20 Å². The van der Waals surface area contributed by atoms with E-state index >= 15 is 0 Å². The lowest BCUT2D eigenvalue weighted by Crippen LogP contribution is -2.50. The summed E-state index contributed by atoms with van der Waals surface area (Å²) >= 11 is 0. The maximum absolute atomic E-state index is 12.5. The third kappa shape index (κ3) is 3.20. The quantitative estimate of drug-likeness (QED) is 0.884. The predicted octanol–water partition coefficient (Wildman–Crippen LogP) is 1.13. The lowest BCUT2D eigenvalue weighted by atomic mass is 9.88. The van der Waals surface area contributed by atoms with Gasteiger partial charge < -0.3 is 15.0 Å². The van der Waals surface area contributed by atoms with E-state index in [0.717, 1.165) is 43.9 Å². The molecular formula is C15H26N4O2. The van der Waals surface area contributed by atoms with Crippen molar-refractivity contribution in [3.05, 3.63) is 11.9 Å². The van der Waals surface area contributed by atoms with Gasteiger partial charge in [-0.05, 0) is 33.2 Å². The zero-order valence-corrected chi connectivity index (χ0v) is 13.4. The number of carbonyl (C=O) groups excluding carboxylic acids is 1. The number of nitrogens with zero attached hydrogens (tertiary/aromatic N) is 3. The first-order valence-electron chi connectivity index (χ1n) is 7.70. The fraction of sp³-hybridized carbons (Fsp3) is 0.733. The average Bonchev–Trinajstić information content (AvgIpc) is 2.89. The molecule has 2 rings (SSSR count). The van der Waals surface area contributed by atoms with Gasteiger partial charge in [-0.1, -0.05) is 0 Å². The van der Waals surface area contributed by atoms with Gasteiger partial charge in [-0.3, -0.25) is 9.48 Å². The number of likely N-dealkylation sites (N-methyl/N-ethyl adjacent to an activating group) is 1. The summed E-state index contributed by atoms with van der Waals surface area (Å²) in [6.45, 7) is 6.40. The molecule has 21 heavy (non-hydrogen) atoms. The molecule has 6 heteroatoms. The highest BCUT2D eigenvalue weighted by Crippen LogP contribution is 2.33. The molecule has 0 radical (unpaired) electrons. The first kappa shape index (κ1) is 15.8. The first-order valence-corrected chi connectivity index (χ1v) is 7.70. The summed E-state index contributed by atoms with van der Waals surface area (Å²) < 4.78 is 7.27. The van der Waals surface area contributed by atoms with E-state index in [2.05, 4.69) is 10.4 Å². The van der Waals surface area contributed by atoms with Crippen LogP contribution in [0.25, 0.3) is 0 Å². The molecule has 1 amide bonds. The topological polar surface area (TPSA) is 59.4 Å². The van der Waals surface area contributed by atoms with E-state index in [0.29, 0.717) is 5.92 Å². The van der Waals surface area contributed by atoms with E-state index < -0.39 is 0 Å². The van der Waals surface area contributed by atoms with Crippen molar-refractivity contribution in [3.8, 4) is 5.75 Å². The van der Waals surface area contributed by atoms with Crippen LogP contribution in [-0.4, -0.2) is 53.4 Å². The molecule has 0 spiro atoms. The minimum atomic E-state index is -0.108. The second-order valence-electron chi connectivity index (χ2n) is 5.46. The third-order valence-corrected chi connectivity index (χ3v) is 4.33. The Morgan fingerprint density at radius 3 is 2.86 bits per heavy atom. The molecule has 1 fully saturated rings. The monoisotopic (exact) mass is 294 g/mol. The van der Waals surface area contributed by atoms with E-state index in [9.17, 15) is 4.79 Å². The molecule has 2 unspecified atom stereocenters. The Balaban J connectivity index is 2.14. The molecule has 1 saturated heterocycles. The maximum Gasteiger partial charge on any atom is 0.239 e. The van der Waals surface area contributed by atoms with Crippen molar-refractivity contribution >= 4 is 5.91 Å².